The number of benzene rings is 2. The molecule has 7 heteroatoms. The Bertz CT molecular complexity index is 1120. The van der Waals surface area contributed by atoms with Gasteiger partial charge in [0, 0.05) is 50.3 Å². The average Bonchev–Trinajstić information content (AvgIpc) is 3.43. The van der Waals surface area contributed by atoms with Gasteiger partial charge in [0.2, 0.25) is 17.7 Å². The number of carbonyl (C=O) groups excluding carboxylic acids is 1. The zero-order chi connectivity index (χ0) is 21.5. The molecule has 31 heavy (non-hydrogen) atoms. The molecule has 0 spiro atoms. The topological polar surface area (TPSA) is 85.8 Å². The molecule has 158 valence electrons. The Balaban J connectivity index is 1.22. The molecule has 0 aliphatic rings. The zero-order valence-electron chi connectivity index (χ0n) is 17.5. The van der Waals surface area contributed by atoms with Crippen LogP contribution in [0.1, 0.15) is 29.3 Å². The first kappa shape index (κ1) is 20.5. The van der Waals surface area contributed by atoms with Gasteiger partial charge in [-0.15, -0.1) is 10.2 Å². The summed E-state index contributed by atoms with van der Waals surface area (Å²) in [6, 6.07) is 18.1. The van der Waals surface area contributed by atoms with E-state index in [2.05, 4.69) is 37.2 Å². The third-order valence-corrected chi connectivity index (χ3v) is 5.00. The Morgan fingerprint density at radius 3 is 2.65 bits per heavy atom. The first-order chi connectivity index (χ1) is 15.2. The van der Waals surface area contributed by atoms with Crippen molar-refractivity contribution in [3.05, 3.63) is 89.8 Å². The predicted octanol–water partition coefficient (Wildman–Crippen LogP) is 3.58. The number of aromatic nitrogens is 4. The van der Waals surface area contributed by atoms with Crippen molar-refractivity contribution < 1.29 is 9.21 Å². The average molecular weight is 415 g/mol. The van der Waals surface area contributed by atoms with Crippen LogP contribution in [-0.4, -0.2) is 32.2 Å². The lowest BCUT2D eigenvalue weighted by Crippen LogP contribution is -2.26. The second-order valence-corrected chi connectivity index (χ2v) is 7.42. The molecule has 4 rings (SSSR count). The van der Waals surface area contributed by atoms with Crippen LogP contribution in [-0.2, 0) is 24.2 Å². The van der Waals surface area contributed by atoms with Gasteiger partial charge in [0.1, 0.15) is 5.82 Å². The number of amides is 1. The molecule has 0 radical (unpaired) electrons. The number of nitrogens with zero attached hydrogens (tertiary/aromatic N) is 4. The van der Waals surface area contributed by atoms with Crippen LogP contribution in [0.4, 0.5) is 0 Å². The zero-order valence-corrected chi connectivity index (χ0v) is 17.5. The third kappa shape index (κ3) is 5.66. The molecule has 2 heterocycles. The molecule has 0 aliphatic heterocycles. The van der Waals surface area contributed by atoms with Crippen molar-refractivity contribution in [1.29, 1.82) is 0 Å². The quantitative estimate of drug-likeness (QED) is 0.452. The van der Waals surface area contributed by atoms with E-state index < -0.39 is 0 Å². The van der Waals surface area contributed by atoms with E-state index in [-0.39, 0.29) is 5.91 Å². The summed E-state index contributed by atoms with van der Waals surface area (Å²) in [5.74, 6) is 1.84. The van der Waals surface area contributed by atoms with Gasteiger partial charge in [-0.2, -0.15) is 0 Å². The van der Waals surface area contributed by atoms with Crippen molar-refractivity contribution in [2.45, 2.75) is 32.7 Å². The highest BCUT2D eigenvalue weighted by Gasteiger charge is 2.11. The molecule has 4 aromatic rings. The maximum absolute atomic E-state index is 12.2. The SMILES string of the molecule is Cc1ccc(-c2nnc(CCC(=O)NCCc3nccn3Cc3ccccc3)o2)cc1. The molecule has 0 fully saturated rings. The number of rotatable bonds is 9. The lowest BCUT2D eigenvalue weighted by atomic mass is 10.1. The molecule has 0 aliphatic carbocycles. The van der Waals surface area contributed by atoms with Gasteiger partial charge in [0.15, 0.2) is 0 Å². The summed E-state index contributed by atoms with van der Waals surface area (Å²) >= 11 is 0. The highest BCUT2D eigenvalue weighted by Crippen LogP contribution is 2.18. The van der Waals surface area contributed by atoms with Crippen LogP contribution in [0.25, 0.3) is 11.5 Å². The van der Waals surface area contributed by atoms with Crippen molar-refractivity contribution in [2.24, 2.45) is 0 Å². The monoisotopic (exact) mass is 415 g/mol. The van der Waals surface area contributed by atoms with Gasteiger partial charge in [0.25, 0.3) is 0 Å². The van der Waals surface area contributed by atoms with Crippen LogP contribution in [0.15, 0.2) is 71.4 Å². The maximum Gasteiger partial charge on any atom is 0.247 e. The molecule has 7 nitrogen and oxygen atoms in total. The fraction of sp³-hybridized carbons (Fsp3) is 0.250. The molecule has 0 saturated carbocycles. The standard InChI is InChI=1S/C24H25N5O2/c1-18-7-9-20(10-8-18)24-28-27-23(31-24)12-11-22(30)26-14-13-21-25-15-16-29(21)17-19-5-3-2-4-6-19/h2-10,15-16H,11-14,17H2,1H3,(H,26,30). The Hall–Kier alpha value is -3.74. The van der Waals surface area contributed by atoms with Gasteiger partial charge in [-0.05, 0) is 24.6 Å². The van der Waals surface area contributed by atoms with Crippen molar-refractivity contribution >= 4 is 5.91 Å². The number of hydrogen-bond acceptors (Lipinski definition) is 5. The number of imidazole rings is 1. The van der Waals surface area contributed by atoms with E-state index in [0.29, 0.717) is 37.6 Å². The van der Waals surface area contributed by atoms with Crippen LogP contribution >= 0.6 is 0 Å². The second-order valence-electron chi connectivity index (χ2n) is 7.42. The van der Waals surface area contributed by atoms with Crippen molar-refractivity contribution in [1.82, 2.24) is 25.1 Å². The van der Waals surface area contributed by atoms with Gasteiger partial charge in [-0.25, -0.2) is 4.98 Å². The molecule has 1 amide bonds. The largest absolute Gasteiger partial charge is 0.421 e. The van der Waals surface area contributed by atoms with Gasteiger partial charge < -0.3 is 14.3 Å². The normalized spacial score (nSPS) is 10.9. The van der Waals surface area contributed by atoms with Crippen molar-refractivity contribution in [3.8, 4) is 11.5 Å². The molecule has 1 N–H and O–H groups in total. The van der Waals surface area contributed by atoms with E-state index in [0.717, 1.165) is 17.9 Å². The minimum Gasteiger partial charge on any atom is -0.421 e. The summed E-state index contributed by atoms with van der Waals surface area (Å²) < 4.78 is 7.78. The Morgan fingerprint density at radius 2 is 1.84 bits per heavy atom. The van der Waals surface area contributed by atoms with E-state index in [1.165, 1.54) is 11.1 Å². The van der Waals surface area contributed by atoms with Crippen LogP contribution in [0.3, 0.4) is 0 Å². The summed E-state index contributed by atoms with van der Waals surface area (Å²) in [4.78, 5) is 16.6. The summed E-state index contributed by atoms with van der Waals surface area (Å²) in [6.07, 6.45) is 5.14. The molecule has 2 aromatic carbocycles. The lowest BCUT2D eigenvalue weighted by Gasteiger charge is -2.09. The maximum atomic E-state index is 12.2. The van der Waals surface area contributed by atoms with Gasteiger partial charge in [0.05, 0.1) is 0 Å². The molecule has 2 aromatic heterocycles. The van der Waals surface area contributed by atoms with E-state index in [4.69, 9.17) is 4.42 Å². The second kappa shape index (κ2) is 9.84. The minimum atomic E-state index is -0.0451. The van der Waals surface area contributed by atoms with Gasteiger partial charge in [-0.1, -0.05) is 48.0 Å². The Labute approximate surface area is 181 Å². The Kier molecular flexibility index (Phi) is 6.52. The molecule has 0 bridgehead atoms. The highest BCUT2D eigenvalue weighted by atomic mass is 16.4. The van der Waals surface area contributed by atoms with Crippen LogP contribution in [0.2, 0.25) is 0 Å². The number of aryl methyl sites for hydroxylation is 2. The van der Waals surface area contributed by atoms with Crippen molar-refractivity contribution in [2.75, 3.05) is 6.54 Å². The van der Waals surface area contributed by atoms with Crippen LogP contribution in [0, 0.1) is 6.92 Å². The highest BCUT2D eigenvalue weighted by molar-refractivity contribution is 5.76. The van der Waals surface area contributed by atoms with E-state index in [1.54, 1.807) is 6.20 Å². The predicted molar refractivity (Wildman–Crippen MR) is 117 cm³/mol. The van der Waals surface area contributed by atoms with Crippen molar-refractivity contribution in [3.63, 3.8) is 0 Å². The smallest absolute Gasteiger partial charge is 0.247 e. The fourth-order valence-corrected chi connectivity index (χ4v) is 3.28. The number of hydrogen-bond donors (Lipinski definition) is 1. The fourth-order valence-electron chi connectivity index (χ4n) is 3.28. The first-order valence-corrected chi connectivity index (χ1v) is 10.4. The first-order valence-electron chi connectivity index (χ1n) is 10.4. The van der Waals surface area contributed by atoms with E-state index in [1.807, 2.05) is 55.6 Å². The van der Waals surface area contributed by atoms with Crippen LogP contribution < -0.4 is 5.32 Å². The summed E-state index contributed by atoms with van der Waals surface area (Å²) in [7, 11) is 0. The molecule has 0 atom stereocenters. The van der Waals surface area contributed by atoms with Gasteiger partial charge in [-0.3, -0.25) is 4.79 Å². The summed E-state index contributed by atoms with van der Waals surface area (Å²) in [5.41, 5.74) is 3.26. The Morgan fingerprint density at radius 1 is 1.03 bits per heavy atom. The summed E-state index contributed by atoms with van der Waals surface area (Å²) in [5, 5.41) is 11.1. The van der Waals surface area contributed by atoms with E-state index in [9.17, 15) is 4.79 Å². The number of carbonyl (C=O) groups is 1. The lowest BCUT2D eigenvalue weighted by molar-refractivity contribution is -0.121. The molecule has 0 unspecified atom stereocenters. The molecule has 0 saturated heterocycles. The van der Waals surface area contributed by atoms with E-state index >= 15 is 0 Å². The molecular formula is C24H25N5O2. The van der Waals surface area contributed by atoms with Gasteiger partial charge >= 0.3 is 0 Å². The van der Waals surface area contributed by atoms with Crippen LogP contribution in [0.5, 0.6) is 0 Å². The summed E-state index contributed by atoms with van der Waals surface area (Å²) in [6.45, 7) is 3.33. The molecular weight excluding hydrogens is 390 g/mol. The third-order valence-electron chi connectivity index (χ3n) is 5.00. The number of nitrogens with one attached hydrogen (secondary N) is 1. The minimum absolute atomic E-state index is 0.0451.